The predicted molar refractivity (Wildman–Crippen MR) is 159 cm³/mol. The molecule has 1 amide bonds. The van der Waals surface area contributed by atoms with Crippen LogP contribution < -0.4 is 10.5 Å². The van der Waals surface area contributed by atoms with Crippen LogP contribution in [0.2, 0.25) is 0 Å². The molecule has 1 unspecified atom stereocenters. The normalized spacial score (nSPS) is 17.8. The van der Waals surface area contributed by atoms with E-state index in [4.69, 9.17) is 20.2 Å². The third kappa shape index (κ3) is 6.13. The molecule has 41 heavy (non-hydrogen) atoms. The minimum absolute atomic E-state index is 0.0533. The van der Waals surface area contributed by atoms with Crippen molar-refractivity contribution < 1.29 is 14.3 Å². The number of rotatable bonds is 4. The van der Waals surface area contributed by atoms with Gasteiger partial charge in [-0.3, -0.25) is 9.67 Å². The molecule has 3 aromatic rings. The van der Waals surface area contributed by atoms with Gasteiger partial charge in [-0.05, 0) is 65.7 Å². The first-order valence-corrected chi connectivity index (χ1v) is 14.1. The number of aryl methyl sites for hydroxylation is 1. The van der Waals surface area contributed by atoms with E-state index in [9.17, 15) is 4.79 Å². The van der Waals surface area contributed by atoms with Crippen molar-refractivity contribution in [2.45, 2.75) is 72.1 Å². The van der Waals surface area contributed by atoms with Crippen molar-refractivity contribution in [3.8, 4) is 28.3 Å². The number of hydrogen-bond donors (Lipinski definition) is 1. The van der Waals surface area contributed by atoms with Gasteiger partial charge in [0, 0.05) is 43.9 Å². The summed E-state index contributed by atoms with van der Waals surface area (Å²) >= 11 is 0. The molecule has 4 heterocycles. The summed E-state index contributed by atoms with van der Waals surface area (Å²) in [5, 5.41) is 4.59. The van der Waals surface area contributed by atoms with Gasteiger partial charge in [0.2, 0.25) is 0 Å². The Labute approximate surface area is 241 Å². The van der Waals surface area contributed by atoms with Crippen LogP contribution in [0, 0.1) is 0 Å². The first-order valence-electron chi connectivity index (χ1n) is 14.1. The quantitative estimate of drug-likeness (QED) is 0.367. The number of nitrogens with two attached hydrogens (primary N) is 1. The van der Waals surface area contributed by atoms with Crippen molar-refractivity contribution in [1.29, 1.82) is 0 Å². The largest absolute Gasteiger partial charge is 0.491 e. The topological polar surface area (TPSA) is 125 Å². The van der Waals surface area contributed by atoms with Gasteiger partial charge in [0.1, 0.15) is 29.5 Å². The molecule has 2 aromatic heterocycles. The molecule has 2 N–H and O–H groups in total. The SMILES string of the molecule is CC(N)=NC(=NC(C)C)c1cn2c(n1)-c1ccc(-c3cnn(C)c3C3CCN(C(=O)OC(C)(C)C)C3)cc1OCC2. The van der Waals surface area contributed by atoms with E-state index in [0.717, 1.165) is 40.4 Å². The summed E-state index contributed by atoms with van der Waals surface area (Å²) in [4.78, 5) is 28.5. The Morgan fingerprint density at radius 3 is 2.71 bits per heavy atom. The molecular formula is C30H40N8O3. The minimum atomic E-state index is -0.524. The lowest BCUT2D eigenvalue weighted by molar-refractivity contribution is 0.0292. The van der Waals surface area contributed by atoms with Crippen LogP contribution in [0.25, 0.3) is 22.5 Å². The molecule has 1 saturated heterocycles. The maximum Gasteiger partial charge on any atom is 0.410 e. The smallest absolute Gasteiger partial charge is 0.410 e. The number of ether oxygens (including phenoxy) is 2. The Kier molecular flexibility index (Phi) is 7.63. The minimum Gasteiger partial charge on any atom is -0.491 e. The molecule has 2 aliphatic rings. The highest BCUT2D eigenvalue weighted by molar-refractivity contribution is 6.04. The Bertz CT molecular complexity index is 1500. The van der Waals surface area contributed by atoms with Gasteiger partial charge in [0.25, 0.3) is 0 Å². The number of aliphatic imine (C=N–C) groups is 2. The summed E-state index contributed by atoms with van der Waals surface area (Å²) in [7, 11) is 1.95. The third-order valence-corrected chi connectivity index (χ3v) is 7.00. The van der Waals surface area contributed by atoms with Gasteiger partial charge in [-0.1, -0.05) is 6.07 Å². The lowest BCUT2D eigenvalue weighted by Gasteiger charge is -2.24. The van der Waals surface area contributed by atoms with Crippen molar-refractivity contribution in [1.82, 2.24) is 24.2 Å². The lowest BCUT2D eigenvalue weighted by atomic mass is 9.95. The summed E-state index contributed by atoms with van der Waals surface area (Å²) in [6, 6.07) is 6.25. The highest BCUT2D eigenvalue weighted by atomic mass is 16.6. The Hall–Kier alpha value is -4.15. The van der Waals surface area contributed by atoms with E-state index in [2.05, 4.69) is 31.8 Å². The maximum absolute atomic E-state index is 12.7. The van der Waals surface area contributed by atoms with Crippen LogP contribution in [0.4, 0.5) is 4.79 Å². The van der Waals surface area contributed by atoms with Gasteiger partial charge >= 0.3 is 6.09 Å². The number of amidine groups is 2. The summed E-state index contributed by atoms with van der Waals surface area (Å²) in [5.74, 6) is 2.67. The number of benzene rings is 1. The number of fused-ring (bicyclic) bond motifs is 3. The highest BCUT2D eigenvalue weighted by Gasteiger charge is 2.33. The van der Waals surface area contributed by atoms with Gasteiger partial charge < -0.3 is 24.7 Å². The second-order valence-corrected chi connectivity index (χ2v) is 12.0. The number of imidazole rings is 1. The lowest BCUT2D eigenvalue weighted by Crippen LogP contribution is -2.35. The van der Waals surface area contributed by atoms with Crippen LogP contribution in [0.15, 0.2) is 40.6 Å². The van der Waals surface area contributed by atoms with Gasteiger partial charge in [-0.2, -0.15) is 5.10 Å². The average molecular weight is 561 g/mol. The van der Waals surface area contributed by atoms with E-state index < -0.39 is 5.60 Å². The zero-order chi connectivity index (χ0) is 29.5. The maximum atomic E-state index is 12.7. The van der Waals surface area contributed by atoms with E-state index in [-0.39, 0.29) is 18.1 Å². The highest BCUT2D eigenvalue weighted by Crippen LogP contribution is 2.39. The Morgan fingerprint density at radius 2 is 2.00 bits per heavy atom. The van der Waals surface area contributed by atoms with Crippen molar-refractivity contribution in [2.24, 2.45) is 22.8 Å². The van der Waals surface area contributed by atoms with Crippen LogP contribution in [-0.2, 0) is 18.3 Å². The third-order valence-electron chi connectivity index (χ3n) is 7.00. The molecule has 0 aliphatic carbocycles. The Morgan fingerprint density at radius 1 is 1.22 bits per heavy atom. The van der Waals surface area contributed by atoms with E-state index in [1.54, 1.807) is 11.8 Å². The van der Waals surface area contributed by atoms with Crippen LogP contribution >= 0.6 is 0 Å². The molecule has 218 valence electrons. The van der Waals surface area contributed by atoms with Crippen LogP contribution in [0.5, 0.6) is 5.75 Å². The van der Waals surface area contributed by atoms with Gasteiger partial charge in [0.15, 0.2) is 5.84 Å². The van der Waals surface area contributed by atoms with Crippen LogP contribution in [0.3, 0.4) is 0 Å². The van der Waals surface area contributed by atoms with Gasteiger partial charge in [0.05, 0.1) is 29.8 Å². The molecule has 0 spiro atoms. The number of carbonyl (C=O) groups is 1. The monoisotopic (exact) mass is 560 g/mol. The first kappa shape index (κ1) is 28.4. The zero-order valence-electron chi connectivity index (χ0n) is 25.0. The van der Waals surface area contributed by atoms with Crippen molar-refractivity contribution in [2.75, 3.05) is 19.7 Å². The van der Waals surface area contributed by atoms with E-state index in [1.165, 1.54) is 0 Å². The summed E-state index contributed by atoms with van der Waals surface area (Å²) < 4.78 is 15.8. The molecule has 11 nitrogen and oxygen atoms in total. The second kappa shape index (κ2) is 11.0. The number of aromatic nitrogens is 4. The second-order valence-electron chi connectivity index (χ2n) is 12.0. The van der Waals surface area contributed by atoms with Crippen molar-refractivity contribution in [3.05, 3.63) is 42.0 Å². The molecule has 11 heteroatoms. The first-order chi connectivity index (χ1) is 19.4. The molecule has 2 aliphatic heterocycles. The van der Waals surface area contributed by atoms with Crippen LogP contribution in [-0.4, -0.2) is 73.3 Å². The van der Waals surface area contributed by atoms with Gasteiger partial charge in [-0.15, -0.1) is 0 Å². The molecule has 0 bridgehead atoms. The fourth-order valence-electron chi connectivity index (χ4n) is 5.35. The summed E-state index contributed by atoms with van der Waals surface area (Å²) in [6.07, 6.45) is 4.43. The van der Waals surface area contributed by atoms with Crippen molar-refractivity contribution in [3.63, 3.8) is 0 Å². The number of amides is 1. The molecule has 0 saturated carbocycles. The molecule has 5 rings (SSSR count). The molecule has 1 aromatic carbocycles. The number of likely N-dealkylation sites (tertiary alicyclic amines) is 1. The van der Waals surface area contributed by atoms with E-state index >= 15 is 0 Å². The summed E-state index contributed by atoms with van der Waals surface area (Å²) in [6.45, 7) is 13.8. The molecule has 0 radical (unpaired) electrons. The van der Waals surface area contributed by atoms with Crippen LogP contribution in [0.1, 0.15) is 65.3 Å². The number of carbonyl (C=O) groups excluding carboxylic acids is 1. The fourth-order valence-corrected chi connectivity index (χ4v) is 5.35. The van der Waals surface area contributed by atoms with Crippen molar-refractivity contribution >= 4 is 17.8 Å². The van der Waals surface area contributed by atoms with E-state index in [1.807, 2.05) is 64.8 Å². The molecule has 1 atom stereocenters. The number of nitrogens with zero attached hydrogens (tertiary/aromatic N) is 7. The zero-order valence-corrected chi connectivity index (χ0v) is 25.0. The standard InChI is InChI=1S/C30H40N8O3/c1-18(2)33-27(34-19(3)31)24-17-37-12-13-40-25-14-20(8-9-22(25)28(37)35-24)23-15-32-36(7)26(23)21-10-11-38(16-21)29(39)41-30(4,5)6/h8-9,14-15,17-18,21H,10-13,16H2,1-7H3,(H2,31,33,34). The fraction of sp³-hybridized carbons (Fsp3) is 0.500. The molecule has 1 fully saturated rings. The summed E-state index contributed by atoms with van der Waals surface area (Å²) in [5.41, 5.74) is 10.1. The Balaban J connectivity index is 1.45. The number of hydrogen-bond acceptors (Lipinski definition) is 6. The predicted octanol–water partition coefficient (Wildman–Crippen LogP) is 4.60. The average Bonchev–Trinajstić information content (AvgIpc) is 3.58. The van der Waals surface area contributed by atoms with Gasteiger partial charge in [-0.25, -0.2) is 14.8 Å². The molecular weight excluding hydrogens is 520 g/mol. The van der Waals surface area contributed by atoms with E-state index in [0.29, 0.717) is 43.6 Å².